The van der Waals surface area contributed by atoms with Crippen molar-refractivity contribution in [2.24, 2.45) is 0 Å². The highest BCUT2D eigenvalue weighted by Crippen LogP contribution is 2.32. The van der Waals surface area contributed by atoms with Crippen LogP contribution in [0.5, 0.6) is 0 Å². The molecular formula is C15H11FN2S2. The second-order valence-corrected chi connectivity index (χ2v) is 6.06. The lowest BCUT2D eigenvalue weighted by molar-refractivity contribution is 0.622. The minimum atomic E-state index is -0.344. The Labute approximate surface area is 124 Å². The summed E-state index contributed by atoms with van der Waals surface area (Å²) in [7, 11) is 0. The summed E-state index contributed by atoms with van der Waals surface area (Å²) >= 11 is 3.25. The van der Waals surface area contributed by atoms with Gasteiger partial charge in [-0.3, -0.25) is 4.98 Å². The third-order valence-electron chi connectivity index (χ3n) is 2.83. The minimum Gasteiger partial charge on any atom is -0.261 e. The van der Waals surface area contributed by atoms with Crippen LogP contribution in [0.2, 0.25) is 0 Å². The van der Waals surface area contributed by atoms with Gasteiger partial charge >= 0.3 is 0 Å². The van der Waals surface area contributed by atoms with E-state index in [4.69, 9.17) is 0 Å². The summed E-state index contributed by atoms with van der Waals surface area (Å²) in [5.74, 6) is -0.344. The fourth-order valence-electron chi connectivity index (χ4n) is 1.83. The van der Waals surface area contributed by atoms with Crippen molar-refractivity contribution in [1.29, 1.82) is 0 Å². The number of hydrogen-bond donors (Lipinski definition) is 0. The number of thioether (sulfide) groups is 1. The maximum absolute atomic E-state index is 13.2. The van der Waals surface area contributed by atoms with Crippen LogP contribution in [0.1, 0.15) is 0 Å². The van der Waals surface area contributed by atoms with Crippen molar-refractivity contribution in [3.8, 4) is 21.0 Å². The van der Waals surface area contributed by atoms with Gasteiger partial charge in [0.25, 0.3) is 0 Å². The second-order valence-electron chi connectivity index (χ2n) is 4.15. The molecule has 2 aromatic heterocycles. The molecule has 0 aliphatic carbocycles. The molecule has 0 bridgehead atoms. The van der Waals surface area contributed by atoms with Gasteiger partial charge in [-0.2, -0.15) is 0 Å². The Bertz CT molecular complexity index is 723. The average molecular weight is 302 g/mol. The van der Waals surface area contributed by atoms with Crippen LogP contribution in [0.4, 0.5) is 4.39 Å². The number of nitrogens with zero attached hydrogens (tertiary/aromatic N) is 2. The summed E-state index contributed by atoms with van der Waals surface area (Å²) in [6.45, 7) is 0. The molecule has 3 aromatic rings. The van der Waals surface area contributed by atoms with Crippen LogP contribution in [0, 0.1) is 5.82 Å². The fraction of sp³-hybridized carbons (Fsp3) is 0.0667. The molecule has 5 heteroatoms. The molecule has 0 fully saturated rings. The summed E-state index contributed by atoms with van der Waals surface area (Å²) < 4.78 is 13.2. The van der Waals surface area contributed by atoms with Crippen molar-refractivity contribution in [3.05, 3.63) is 54.7 Å². The van der Waals surface area contributed by atoms with Crippen LogP contribution in [-0.4, -0.2) is 16.2 Å². The van der Waals surface area contributed by atoms with E-state index in [0.29, 0.717) is 5.56 Å². The molecule has 3 rings (SSSR count). The topological polar surface area (TPSA) is 25.8 Å². The van der Waals surface area contributed by atoms with Crippen LogP contribution in [0.3, 0.4) is 0 Å². The zero-order chi connectivity index (χ0) is 13.9. The van der Waals surface area contributed by atoms with Crippen molar-refractivity contribution in [1.82, 2.24) is 9.97 Å². The molecule has 2 heterocycles. The van der Waals surface area contributed by atoms with Gasteiger partial charge < -0.3 is 0 Å². The van der Waals surface area contributed by atoms with Crippen LogP contribution in [-0.2, 0) is 0 Å². The highest BCUT2D eigenvalue weighted by Gasteiger charge is 2.07. The summed E-state index contributed by atoms with van der Waals surface area (Å²) in [5, 5.41) is 0.779. The lowest BCUT2D eigenvalue weighted by atomic mass is 10.2. The van der Waals surface area contributed by atoms with Crippen molar-refractivity contribution in [2.75, 3.05) is 6.26 Å². The van der Waals surface area contributed by atoms with Gasteiger partial charge in [0.2, 0.25) is 0 Å². The average Bonchev–Trinajstić information content (AvgIpc) is 2.97. The molecule has 0 saturated heterocycles. The molecule has 1 aromatic carbocycles. The summed E-state index contributed by atoms with van der Waals surface area (Å²) in [5.41, 5.74) is 1.83. The van der Waals surface area contributed by atoms with E-state index in [-0.39, 0.29) is 5.82 Å². The van der Waals surface area contributed by atoms with Crippen LogP contribution < -0.4 is 0 Å². The van der Waals surface area contributed by atoms with Crippen LogP contribution >= 0.6 is 23.1 Å². The summed E-state index contributed by atoms with van der Waals surface area (Å²) in [6, 6.07) is 9.78. The first-order valence-corrected chi connectivity index (χ1v) is 8.01. The first kappa shape index (κ1) is 13.3. The van der Waals surface area contributed by atoms with E-state index in [1.54, 1.807) is 18.0 Å². The normalized spacial score (nSPS) is 10.7. The van der Waals surface area contributed by atoms with Crippen molar-refractivity contribution in [2.45, 2.75) is 4.90 Å². The maximum atomic E-state index is 13.2. The maximum Gasteiger partial charge on any atom is 0.142 e. The van der Waals surface area contributed by atoms with Gasteiger partial charge in [0.15, 0.2) is 0 Å². The highest BCUT2D eigenvalue weighted by molar-refractivity contribution is 7.98. The largest absolute Gasteiger partial charge is 0.261 e. The molecule has 0 aliphatic heterocycles. The third-order valence-corrected chi connectivity index (χ3v) is 4.67. The molecule has 2 nitrogen and oxygen atoms in total. The first-order valence-electron chi connectivity index (χ1n) is 5.97. The molecule has 0 spiro atoms. The second kappa shape index (κ2) is 5.73. The van der Waals surface area contributed by atoms with Gasteiger partial charge in [0.05, 0.1) is 11.1 Å². The Balaban J connectivity index is 1.93. The molecule has 0 atom stereocenters. The van der Waals surface area contributed by atoms with Gasteiger partial charge in [0.1, 0.15) is 10.8 Å². The molecule has 100 valence electrons. The predicted octanol–water partition coefficient (Wildman–Crippen LogP) is 4.73. The van der Waals surface area contributed by atoms with Crippen molar-refractivity contribution in [3.63, 3.8) is 0 Å². The van der Waals surface area contributed by atoms with E-state index in [0.717, 1.165) is 15.4 Å². The van der Waals surface area contributed by atoms with Gasteiger partial charge in [-0.1, -0.05) is 12.1 Å². The van der Waals surface area contributed by atoms with E-state index in [2.05, 4.69) is 40.5 Å². The number of benzene rings is 1. The number of thiazole rings is 1. The summed E-state index contributed by atoms with van der Waals surface area (Å²) in [6.07, 6.45) is 6.69. The number of pyridine rings is 1. The van der Waals surface area contributed by atoms with Crippen LogP contribution in [0.15, 0.2) is 53.8 Å². The number of hydrogen-bond acceptors (Lipinski definition) is 4. The third kappa shape index (κ3) is 2.73. The van der Waals surface area contributed by atoms with Gasteiger partial charge in [0, 0.05) is 22.9 Å². The molecular weight excluding hydrogens is 291 g/mol. The first-order chi connectivity index (χ1) is 9.76. The quantitative estimate of drug-likeness (QED) is 0.654. The monoisotopic (exact) mass is 302 g/mol. The smallest absolute Gasteiger partial charge is 0.142 e. The zero-order valence-corrected chi connectivity index (χ0v) is 12.3. The molecule has 0 N–H and O–H groups in total. The predicted molar refractivity (Wildman–Crippen MR) is 82.5 cm³/mol. The Morgan fingerprint density at radius 2 is 1.85 bits per heavy atom. The lowest BCUT2D eigenvalue weighted by Crippen LogP contribution is -1.81. The molecule has 0 aliphatic rings. The minimum absolute atomic E-state index is 0.344. The van der Waals surface area contributed by atoms with Gasteiger partial charge in [-0.05, 0) is 30.0 Å². The van der Waals surface area contributed by atoms with E-state index >= 15 is 0 Å². The van der Waals surface area contributed by atoms with E-state index in [1.165, 1.54) is 28.5 Å². The Morgan fingerprint density at radius 3 is 2.55 bits per heavy atom. The fourth-order valence-corrected chi connectivity index (χ4v) is 3.14. The zero-order valence-electron chi connectivity index (χ0n) is 10.7. The van der Waals surface area contributed by atoms with Gasteiger partial charge in [-0.15, -0.1) is 23.1 Å². The SMILES string of the molecule is CSc1ccc(-c2cnc(-c3cncc(F)c3)s2)cc1. The Morgan fingerprint density at radius 1 is 1.05 bits per heavy atom. The molecule has 0 radical (unpaired) electrons. The van der Waals surface area contributed by atoms with Crippen molar-refractivity contribution >= 4 is 23.1 Å². The van der Waals surface area contributed by atoms with E-state index < -0.39 is 0 Å². The molecule has 0 amide bonds. The van der Waals surface area contributed by atoms with Gasteiger partial charge in [-0.25, -0.2) is 9.37 Å². The number of aromatic nitrogens is 2. The Kier molecular flexibility index (Phi) is 3.80. The molecule has 0 unspecified atom stereocenters. The number of halogens is 1. The molecule has 0 saturated carbocycles. The number of rotatable bonds is 3. The molecule has 20 heavy (non-hydrogen) atoms. The van der Waals surface area contributed by atoms with E-state index in [9.17, 15) is 4.39 Å². The summed E-state index contributed by atoms with van der Waals surface area (Å²) in [4.78, 5) is 10.5. The highest BCUT2D eigenvalue weighted by atomic mass is 32.2. The van der Waals surface area contributed by atoms with Crippen LogP contribution in [0.25, 0.3) is 21.0 Å². The standard InChI is InChI=1S/C15H11FN2S2/c1-19-13-4-2-10(3-5-13)14-9-18-15(20-14)11-6-12(16)8-17-7-11/h2-9H,1H3. The Hall–Kier alpha value is -1.72. The lowest BCUT2D eigenvalue weighted by Gasteiger charge is -1.99. The van der Waals surface area contributed by atoms with Crippen molar-refractivity contribution < 1.29 is 4.39 Å². The van der Waals surface area contributed by atoms with E-state index in [1.807, 2.05) is 6.20 Å².